The highest BCUT2D eigenvalue weighted by Gasteiger charge is 2.56. The molecule has 4 aromatic carbocycles. The van der Waals surface area contributed by atoms with Crippen molar-refractivity contribution < 1.29 is 4.74 Å². The van der Waals surface area contributed by atoms with Crippen LogP contribution in [0.4, 0.5) is 0 Å². The van der Waals surface area contributed by atoms with Gasteiger partial charge in [0.25, 0.3) is 0 Å². The first-order chi connectivity index (χ1) is 43.8. The van der Waals surface area contributed by atoms with Gasteiger partial charge >= 0.3 is 0 Å². The lowest BCUT2D eigenvalue weighted by Crippen LogP contribution is -2.45. The van der Waals surface area contributed by atoms with Crippen molar-refractivity contribution >= 4 is 16.1 Å². The highest BCUT2D eigenvalue weighted by molar-refractivity contribution is 6.79. The van der Waals surface area contributed by atoms with E-state index in [1.165, 1.54) is 133 Å². The van der Waals surface area contributed by atoms with E-state index in [9.17, 15) is 0 Å². The van der Waals surface area contributed by atoms with Gasteiger partial charge in [-0.15, -0.1) is 0 Å². The van der Waals surface area contributed by atoms with E-state index >= 15 is 0 Å². The quantitative estimate of drug-likeness (QED) is 0.102. The fraction of sp³-hybridized carbons (Fsp3) is 0.730. The monoisotopic (exact) mass is 1290 g/mol. The Labute approximate surface area is 574 Å². The van der Waals surface area contributed by atoms with Crippen LogP contribution in [0.5, 0.6) is 0 Å². The third-order valence-electron chi connectivity index (χ3n) is 27.7. The van der Waals surface area contributed by atoms with Crippen LogP contribution in [0.25, 0.3) is 0 Å². The van der Waals surface area contributed by atoms with Gasteiger partial charge in [-0.25, -0.2) is 0 Å². The van der Waals surface area contributed by atoms with Gasteiger partial charge < -0.3 is 4.74 Å². The highest BCUT2D eigenvalue weighted by Crippen LogP contribution is 2.59. The van der Waals surface area contributed by atoms with Gasteiger partial charge in [-0.3, -0.25) is 0 Å². The third-order valence-corrected chi connectivity index (χ3v) is 32.2. The van der Waals surface area contributed by atoms with E-state index < -0.39 is 16.1 Å². The molecule has 0 bridgehead atoms. The van der Waals surface area contributed by atoms with Crippen LogP contribution >= 0.6 is 0 Å². The molecule has 6 aliphatic rings. The van der Waals surface area contributed by atoms with Crippen molar-refractivity contribution in [2.24, 2.45) is 99.6 Å². The Kier molecular flexibility index (Phi) is 30.8. The van der Waals surface area contributed by atoms with Gasteiger partial charge in [-0.1, -0.05) is 349 Å². The molecule has 6 fully saturated rings. The molecule has 0 amide bonds. The lowest BCUT2D eigenvalue weighted by molar-refractivity contribution is -0.0403. The smallest absolute Gasteiger partial charge is 0.0789 e. The predicted octanol–water partition coefficient (Wildman–Crippen LogP) is 27.6. The van der Waals surface area contributed by atoms with Gasteiger partial charge in [0.2, 0.25) is 0 Å². The van der Waals surface area contributed by atoms with E-state index in [1.54, 1.807) is 11.1 Å². The Bertz CT molecular complexity index is 2450. The Morgan fingerprint density at radius 3 is 0.935 bits per heavy atom. The molecule has 4 aromatic rings. The molecule has 518 valence electrons. The Balaban J connectivity index is 0.000000187. The van der Waals surface area contributed by atoms with Crippen LogP contribution in [-0.4, -0.2) is 27.6 Å². The highest BCUT2D eigenvalue weighted by atomic mass is 28.3. The molecule has 0 radical (unpaired) electrons. The first-order valence-corrected chi connectivity index (χ1v) is 46.8. The van der Waals surface area contributed by atoms with E-state index in [4.69, 9.17) is 4.74 Å². The number of rotatable bonds is 16. The first kappa shape index (κ1) is 78.3. The summed E-state index contributed by atoms with van der Waals surface area (Å²) in [6.07, 6.45) is 26.4. The topological polar surface area (TPSA) is 9.23 Å². The van der Waals surface area contributed by atoms with Gasteiger partial charge in [-0.2, -0.15) is 0 Å². The summed E-state index contributed by atoms with van der Waals surface area (Å²) >= 11 is 0. The molecule has 10 rings (SSSR count). The molecular weight excluding hydrogens is 1140 g/mol. The summed E-state index contributed by atoms with van der Waals surface area (Å²) < 4.78 is 6.85. The van der Waals surface area contributed by atoms with Gasteiger partial charge in [0, 0.05) is 0 Å². The van der Waals surface area contributed by atoms with Crippen molar-refractivity contribution in [3.8, 4) is 0 Å². The first-order valence-electron chi connectivity index (χ1n) is 39.6. The van der Waals surface area contributed by atoms with Gasteiger partial charge in [0.15, 0.2) is 0 Å². The second-order valence-corrected chi connectivity index (χ2v) is 45.5. The molecule has 0 aromatic heterocycles. The average molecular weight is 1290 g/mol. The van der Waals surface area contributed by atoms with E-state index in [2.05, 4.69) is 278 Å². The Morgan fingerprint density at radius 2 is 0.652 bits per heavy atom. The van der Waals surface area contributed by atoms with Crippen molar-refractivity contribution in [1.29, 1.82) is 0 Å². The number of hydrogen-bond acceptors (Lipinski definition) is 1. The molecule has 5 saturated carbocycles. The van der Waals surface area contributed by atoms with Crippen LogP contribution < -0.4 is 0 Å². The van der Waals surface area contributed by atoms with Crippen LogP contribution in [0.3, 0.4) is 0 Å². The zero-order chi connectivity index (χ0) is 67.7. The summed E-state index contributed by atoms with van der Waals surface area (Å²) in [5, 5.41) is 0. The standard InChI is InChI=1S/C24H32.C22H28.C18H38OSi2.C14H28.C11H22/c1-5-21-22(6-2)24(20-15-11-8-12-16-20)18(4)17(3)23(21)19-13-9-7-10-14-19;1-3-17-15-21(19-11-7-5-8-12-19)22(16-18(17)4-2)20-13-9-6-10-14-20;1-9-13-11-15-16(12-14(13)10-2)18(21(6,7)8)19-17(15)20(3,4)5;1-7-13(5)9-11(3)12(4)10-14(13,6)8-2;1-4-10-7-6-9(3)8-11(10)5-2/h7-18,21-24H,5-6H2,1-4H3;5-14,17-18,21-22H,3-4,15-16H2,1-2H3;13-18H,9-12H2,1-8H3;11-12H,7-10H2,1-6H3;9-11H,4-8H2,1-3H3/t17?,18?,21-,22+,23?,24?;;;11?,12?,13-,14+;9?,10-,11+/m....1/s1. The molecule has 17 unspecified atom stereocenters. The molecule has 0 spiro atoms. The summed E-state index contributed by atoms with van der Waals surface area (Å²) in [6.45, 7) is 56.2. The Hall–Kier alpha value is -2.73. The minimum atomic E-state index is -1.23. The van der Waals surface area contributed by atoms with Crippen molar-refractivity contribution in [3.63, 3.8) is 0 Å². The van der Waals surface area contributed by atoms with Crippen LogP contribution in [-0.2, 0) is 4.74 Å². The van der Waals surface area contributed by atoms with Gasteiger partial charge in [0.05, 0.1) is 27.6 Å². The molecular formula is C89H148OSi2. The zero-order valence-electron chi connectivity index (χ0n) is 64.5. The van der Waals surface area contributed by atoms with Gasteiger partial charge in [0.1, 0.15) is 0 Å². The molecule has 0 N–H and O–H groups in total. The van der Waals surface area contributed by atoms with Crippen molar-refractivity contribution in [2.75, 3.05) is 0 Å². The number of hydrogen-bond donors (Lipinski definition) is 0. The van der Waals surface area contributed by atoms with Crippen molar-refractivity contribution in [1.82, 2.24) is 0 Å². The van der Waals surface area contributed by atoms with E-state index in [1.807, 2.05) is 0 Å². The van der Waals surface area contributed by atoms with Crippen molar-refractivity contribution in [3.05, 3.63) is 144 Å². The second kappa shape index (κ2) is 36.2. The lowest BCUT2D eigenvalue weighted by Gasteiger charge is -2.54. The molecule has 1 heterocycles. The number of fused-ring (bicyclic) bond motifs is 1. The average Bonchev–Trinajstić information content (AvgIpc) is 1.25. The Morgan fingerprint density at radius 1 is 0.359 bits per heavy atom. The number of benzene rings is 4. The zero-order valence-corrected chi connectivity index (χ0v) is 66.5. The molecule has 5 aliphatic carbocycles. The van der Waals surface area contributed by atoms with Crippen LogP contribution in [0, 0.1) is 99.6 Å². The molecule has 1 aliphatic heterocycles. The van der Waals surface area contributed by atoms with Gasteiger partial charge in [-0.05, 0) is 197 Å². The summed E-state index contributed by atoms with van der Waals surface area (Å²) in [4.78, 5) is 0. The van der Waals surface area contributed by atoms with E-state index in [0.717, 1.165) is 76.9 Å². The normalized spacial score (nSPS) is 37.1. The molecule has 23 atom stereocenters. The van der Waals surface area contributed by atoms with E-state index in [0.29, 0.717) is 57.8 Å². The summed E-state index contributed by atoms with van der Waals surface area (Å²) in [5.41, 5.74) is 8.55. The van der Waals surface area contributed by atoms with Crippen LogP contribution in [0.15, 0.2) is 121 Å². The third kappa shape index (κ3) is 19.3. The molecule has 1 nitrogen and oxygen atoms in total. The fourth-order valence-corrected chi connectivity index (χ4v) is 25.9. The maximum absolute atomic E-state index is 6.85. The molecule has 1 saturated heterocycles. The summed E-state index contributed by atoms with van der Waals surface area (Å²) in [7, 11) is -2.46. The second-order valence-electron chi connectivity index (χ2n) is 34.9. The lowest BCUT2D eigenvalue weighted by atomic mass is 9.51. The molecule has 3 heteroatoms. The SMILES string of the molecule is CCC1CC(c2ccccc2)C(c2ccccc2)CC1CC.CCC1CC2C(CC1CC)C([Si](C)(C)C)OC2[Si](C)(C)C.CC[C@@H]1C(c2ccccc2)C(C)C(C)C(c2ccccc2)[C@@H]1CC.CC[C@@H]1CCC(C)C[C@@H]1CC.CC[C@@]1(C)CC(C)C(C)C[C@@]1(C)CC. The maximum Gasteiger partial charge on any atom is 0.0789 e. The fourth-order valence-electron chi connectivity index (χ4n) is 21.3. The summed E-state index contributed by atoms with van der Waals surface area (Å²) in [5.74, 6) is 16.1. The summed E-state index contributed by atoms with van der Waals surface area (Å²) in [6, 6.07) is 44.9. The maximum atomic E-state index is 6.85. The van der Waals surface area contributed by atoms with E-state index in [-0.39, 0.29) is 0 Å². The number of ether oxygens (including phenoxy) is 1. The van der Waals surface area contributed by atoms with Crippen LogP contribution in [0.2, 0.25) is 39.3 Å². The minimum absolute atomic E-state index is 0.577. The predicted molar refractivity (Wildman–Crippen MR) is 413 cm³/mol. The molecule has 92 heavy (non-hydrogen) atoms. The minimum Gasteiger partial charge on any atom is -0.381 e. The van der Waals surface area contributed by atoms with Crippen LogP contribution in [0.1, 0.15) is 286 Å². The largest absolute Gasteiger partial charge is 0.381 e. The van der Waals surface area contributed by atoms with Crippen molar-refractivity contribution in [2.45, 2.75) is 314 Å².